The summed E-state index contributed by atoms with van der Waals surface area (Å²) in [6, 6.07) is 0. The van der Waals surface area contributed by atoms with Crippen molar-refractivity contribution in [2.24, 2.45) is 0 Å². The molecule has 0 saturated carbocycles. The molecule has 21 heavy (non-hydrogen) atoms. The lowest BCUT2D eigenvalue weighted by Crippen LogP contribution is -1.91. The number of ether oxygens (including phenoxy) is 1. The number of hydrogen-bond donors (Lipinski definition) is 4. The number of rotatable bonds is 6. The van der Waals surface area contributed by atoms with Gasteiger partial charge in [-0.25, -0.2) is 19.2 Å². The van der Waals surface area contributed by atoms with Crippen LogP contribution < -0.4 is 0 Å². The van der Waals surface area contributed by atoms with Crippen molar-refractivity contribution in [2.75, 3.05) is 0 Å². The summed E-state index contributed by atoms with van der Waals surface area (Å²) in [6.45, 7) is 6.51. The van der Waals surface area contributed by atoms with Crippen molar-refractivity contribution in [1.29, 1.82) is 0 Å². The van der Waals surface area contributed by atoms with E-state index < -0.39 is 23.9 Å². The minimum atomic E-state index is -1.26. The van der Waals surface area contributed by atoms with Crippen LogP contribution in [0.4, 0.5) is 0 Å². The minimum absolute atomic E-state index is 0.558. The summed E-state index contributed by atoms with van der Waals surface area (Å²) in [5, 5.41) is 31.2. The van der Waals surface area contributed by atoms with Gasteiger partial charge in [-0.15, -0.1) is 0 Å². The molecule has 0 spiro atoms. The van der Waals surface area contributed by atoms with E-state index in [1.807, 2.05) is 0 Å². The summed E-state index contributed by atoms with van der Waals surface area (Å²) in [7, 11) is 0. The van der Waals surface area contributed by atoms with Crippen molar-refractivity contribution in [3.8, 4) is 0 Å². The summed E-state index contributed by atoms with van der Waals surface area (Å²) in [5.74, 6) is -5.03. The van der Waals surface area contributed by atoms with E-state index in [0.717, 1.165) is 0 Å². The van der Waals surface area contributed by atoms with Gasteiger partial charge < -0.3 is 25.2 Å². The first-order chi connectivity index (χ1) is 9.67. The molecule has 0 unspecified atom stereocenters. The maximum atomic E-state index is 9.55. The monoisotopic (exact) mass is 302 g/mol. The molecule has 0 aromatic rings. The Balaban J connectivity index is -0.000000239. The van der Waals surface area contributed by atoms with E-state index >= 15 is 0 Å². The Morgan fingerprint density at radius 1 is 0.619 bits per heavy atom. The number of aliphatic carboxylic acids is 4. The zero-order valence-electron chi connectivity index (χ0n) is 10.7. The quantitative estimate of drug-likeness (QED) is 0.409. The van der Waals surface area contributed by atoms with Crippen LogP contribution in [0.25, 0.3) is 0 Å². The highest BCUT2D eigenvalue weighted by Gasteiger charge is 1.88. The first-order valence-corrected chi connectivity index (χ1v) is 4.82. The molecule has 0 heterocycles. The van der Waals surface area contributed by atoms with E-state index in [2.05, 4.69) is 17.9 Å². The molecule has 0 saturated heterocycles. The van der Waals surface area contributed by atoms with Crippen LogP contribution in [0.1, 0.15) is 0 Å². The topological polar surface area (TPSA) is 158 Å². The SMILES string of the molecule is C=COC=C.O=C(O)/C=C/C(=O)O.O=C(O)/C=C\C(=O)O. The molecular formula is C12H14O9. The van der Waals surface area contributed by atoms with E-state index in [1.165, 1.54) is 12.5 Å². The van der Waals surface area contributed by atoms with Crippen molar-refractivity contribution < 1.29 is 44.3 Å². The minimum Gasteiger partial charge on any atom is -0.478 e. The fourth-order valence-corrected chi connectivity index (χ4v) is 0.353. The zero-order valence-corrected chi connectivity index (χ0v) is 10.7. The molecule has 116 valence electrons. The van der Waals surface area contributed by atoms with Gasteiger partial charge in [0.15, 0.2) is 0 Å². The van der Waals surface area contributed by atoms with E-state index in [9.17, 15) is 19.2 Å². The molecule has 0 aliphatic heterocycles. The van der Waals surface area contributed by atoms with Gasteiger partial charge in [0.25, 0.3) is 0 Å². The van der Waals surface area contributed by atoms with Crippen LogP contribution in [0.15, 0.2) is 50.0 Å². The number of carboxylic acid groups (broad SMARTS) is 4. The van der Waals surface area contributed by atoms with Gasteiger partial charge in [-0.3, -0.25) is 0 Å². The Hall–Kier alpha value is -3.36. The standard InChI is InChI=1S/2C4H4O4.C4H6O/c2*5-3(6)1-2-4(7)8;1-3-5-4-2/h2*1-2H,(H,5,6)(H,7,8);3-4H,1-2H2/b2-1+;2-1-;. The van der Waals surface area contributed by atoms with Crippen LogP contribution in [0.3, 0.4) is 0 Å². The zero-order chi connectivity index (χ0) is 17.3. The van der Waals surface area contributed by atoms with Crippen molar-refractivity contribution in [3.63, 3.8) is 0 Å². The first-order valence-electron chi connectivity index (χ1n) is 4.82. The van der Waals surface area contributed by atoms with Crippen LogP contribution in [-0.4, -0.2) is 44.3 Å². The van der Waals surface area contributed by atoms with Crippen LogP contribution in [0, 0.1) is 0 Å². The van der Waals surface area contributed by atoms with Gasteiger partial charge in [-0.2, -0.15) is 0 Å². The second kappa shape index (κ2) is 16.6. The van der Waals surface area contributed by atoms with Gasteiger partial charge in [0.2, 0.25) is 0 Å². The number of carboxylic acids is 4. The molecule has 0 fully saturated rings. The Morgan fingerprint density at radius 3 is 0.857 bits per heavy atom. The normalized spacial score (nSPS) is 8.57. The summed E-state index contributed by atoms with van der Waals surface area (Å²) < 4.78 is 4.36. The second-order valence-corrected chi connectivity index (χ2v) is 2.49. The molecule has 0 aliphatic rings. The summed E-state index contributed by atoms with van der Waals surface area (Å²) >= 11 is 0. The largest absolute Gasteiger partial charge is 0.478 e. The van der Waals surface area contributed by atoms with Crippen molar-refractivity contribution in [3.05, 3.63) is 50.0 Å². The Bertz CT molecular complexity index is 360. The molecule has 0 radical (unpaired) electrons. The summed E-state index contributed by atoms with van der Waals surface area (Å²) in [4.78, 5) is 38.2. The molecule has 0 rings (SSSR count). The maximum Gasteiger partial charge on any atom is 0.328 e. The van der Waals surface area contributed by atoms with E-state index in [-0.39, 0.29) is 0 Å². The first kappa shape index (κ1) is 22.8. The molecule has 0 aliphatic carbocycles. The molecule has 0 aromatic heterocycles. The predicted octanol–water partition coefficient (Wildman–Crippen LogP) is 0.714. The molecule has 4 N–H and O–H groups in total. The predicted molar refractivity (Wildman–Crippen MR) is 70.3 cm³/mol. The van der Waals surface area contributed by atoms with Crippen LogP contribution in [0.5, 0.6) is 0 Å². The highest BCUT2D eigenvalue weighted by molar-refractivity contribution is 5.90. The highest BCUT2D eigenvalue weighted by atomic mass is 16.5. The van der Waals surface area contributed by atoms with Gasteiger partial charge in [0, 0.05) is 24.3 Å². The third-order valence-electron chi connectivity index (χ3n) is 0.929. The molecule has 9 nitrogen and oxygen atoms in total. The molecule has 0 atom stereocenters. The van der Waals surface area contributed by atoms with Gasteiger partial charge in [-0.1, -0.05) is 13.2 Å². The fourth-order valence-electron chi connectivity index (χ4n) is 0.353. The van der Waals surface area contributed by atoms with Crippen LogP contribution in [0.2, 0.25) is 0 Å². The summed E-state index contributed by atoms with van der Waals surface area (Å²) in [6.07, 6.45) is 4.86. The number of carbonyl (C=O) groups is 4. The third-order valence-corrected chi connectivity index (χ3v) is 0.929. The van der Waals surface area contributed by atoms with Crippen molar-refractivity contribution in [2.45, 2.75) is 0 Å². The molecule has 0 amide bonds. The lowest BCUT2D eigenvalue weighted by molar-refractivity contribution is -0.134. The number of hydrogen-bond acceptors (Lipinski definition) is 5. The third kappa shape index (κ3) is 47.8. The molecule has 0 bridgehead atoms. The van der Waals surface area contributed by atoms with Gasteiger partial charge >= 0.3 is 23.9 Å². The lowest BCUT2D eigenvalue weighted by atomic mass is 10.5. The van der Waals surface area contributed by atoms with E-state index in [0.29, 0.717) is 24.3 Å². The van der Waals surface area contributed by atoms with E-state index in [1.54, 1.807) is 0 Å². The van der Waals surface area contributed by atoms with Crippen molar-refractivity contribution in [1.82, 2.24) is 0 Å². The Kier molecular flexibility index (Phi) is 18.1. The second-order valence-electron chi connectivity index (χ2n) is 2.49. The van der Waals surface area contributed by atoms with Gasteiger partial charge in [0.1, 0.15) is 0 Å². The molecule has 0 aromatic carbocycles. The fraction of sp³-hybridized carbons (Fsp3) is 0. The van der Waals surface area contributed by atoms with E-state index in [4.69, 9.17) is 20.4 Å². The van der Waals surface area contributed by atoms with Gasteiger partial charge in [-0.05, 0) is 0 Å². The highest BCUT2D eigenvalue weighted by Crippen LogP contribution is 1.71. The van der Waals surface area contributed by atoms with Crippen molar-refractivity contribution >= 4 is 23.9 Å². The van der Waals surface area contributed by atoms with Gasteiger partial charge in [0.05, 0.1) is 12.5 Å². The smallest absolute Gasteiger partial charge is 0.328 e. The van der Waals surface area contributed by atoms with Crippen LogP contribution in [-0.2, 0) is 23.9 Å². The average molecular weight is 302 g/mol. The maximum absolute atomic E-state index is 9.55. The van der Waals surface area contributed by atoms with Crippen LogP contribution >= 0.6 is 0 Å². The average Bonchev–Trinajstić information content (AvgIpc) is 2.36. The molecular weight excluding hydrogens is 288 g/mol. The Labute approximate surface area is 119 Å². The lowest BCUT2D eigenvalue weighted by Gasteiger charge is -1.76. The molecule has 9 heteroatoms. The Morgan fingerprint density at radius 2 is 0.810 bits per heavy atom. The summed E-state index contributed by atoms with van der Waals surface area (Å²) in [5.41, 5.74) is 0.